The van der Waals surface area contributed by atoms with Gasteiger partial charge in [-0.2, -0.15) is 5.26 Å². The average molecular weight is 246 g/mol. The Balaban J connectivity index is 5.24. The van der Waals surface area contributed by atoms with Crippen LogP contribution in [0.3, 0.4) is 0 Å². The predicted molar refractivity (Wildman–Crippen MR) is 66.4 cm³/mol. The zero-order valence-corrected chi connectivity index (χ0v) is 11.6. The zero-order valence-electron chi connectivity index (χ0n) is 11.6. The first-order chi connectivity index (χ1) is 7.81. The topological polar surface area (TPSA) is 66.8 Å². The molecule has 0 bridgehead atoms. The van der Waals surface area contributed by atoms with Crippen LogP contribution in [0, 0.1) is 10.8 Å². The van der Waals surface area contributed by atoms with Gasteiger partial charge >= 0.3 is 5.97 Å². The van der Waals surface area contributed by atoms with Crippen molar-refractivity contribution in [2.45, 2.75) is 66.4 Å². The first-order valence-electron chi connectivity index (χ1n) is 6.35. The van der Waals surface area contributed by atoms with Gasteiger partial charge in [-0.15, -0.1) is 0 Å². The molecular formula is C13H26O4. The van der Waals surface area contributed by atoms with Gasteiger partial charge in [-0.05, 0) is 44.9 Å². The minimum atomic E-state index is -0.818. The van der Waals surface area contributed by atoms with E-state index in [1.807, 2.05) is 20.8 Å². The maximum Gasteiger partial charge on any atom is 0.348 e. The van der Waals surface area contributed by atoms with Crippen LogP contribution < -0.4 is 0 Å². The predicted octanol–water partition coefficient (Wildman–Crippen LogP) is 3.00. The lowest BCUT2D eigenvalue weighted by Crippen LogP contribution is -2.45. The highest BCUT2D eigenvalue weighted by atomic mass is 17.1. The summed E-state index contributed by atoms with van der Waals surface area (Å²) in [4.78, 5) is 15.6. The van der Waals surface area contributed by atoms with E-state index in [1.165, 1.54) is 0 Å². The fraction of sp³-hybridized carbons (Fsp3) is 0.923. The van der Waals surface area contributed by atoms with E-state index in [4.69, 9.17) is 5.26 Å². The van der Waals surface area contributed by atoms with Gasteiger partial charge in [0.25, 0.3) is 0 Å². The van der Waals surface area contributed by atoms with E-state index in [0.29, 0.717) is 12.8 Å². The molecule has 2 N–H and O–H groups in total. The molecule has 1 unspecified atom stereocenters. The molecule has 0 aliphatic carbocycles. The van der Waals surface area contributed by atoms with Crippen LogP contribution in [0.4, 0.5) is 0 Å². The van der Waals surface area contributed by atoms with Crippen LogP contribution in [0.2, 0.25) is 0 Å². The van der Waals surface area contributed by atoms with Crippen LogP contribution in [0.1, 0.15) is 60.3 Å². The molecule has 0 amide bonds. The second kappa shape index (κ2) is 6.36. The van der Waals surface area contributed by atoms with Crippen molar-refractivity contribution < 1.29 is 20.0 Å². The Labute approximate surface area is 104 Å². The van der Waals surface area contributed by atoms with Crippen molar-refractivity contribution in [2.24, 2.45) is 10.8 Å². The third-order valence-electron chi connectivity index (χ3n) is 4.37. The van der Waals surface area contributed by atoms with Gasteiger partial charge in [0.15, 0.2) is 0 Å². The first-order valence-corrected chi connectivity index (χ1v) is 6.35. The summed E-state index contributed by atoms with van der Waals surface area (Å²) >= 11 is 0. The van der Waals surface area contributed by atoms with Crippen LogP contribution in [0.25, 0.3) is 0 Å². The molecule has 17 heavy (non-hydrogen) atoms. The van der Waals surface area contributed by atoms with Gasteiger partial charge in [0.2, 0.25) is 0 Å². The van der Waals surface area contributed by atoms with E-state index in [2.05, 4.69) is 4.89 Å². The second-order valence-corrected chi connectivity index (χ2v) is 5.26. The summed E-state index contributed by atoms with van der Waals surface area (Å²) in [6, 6.07) is 0. The van der Waals surface area contributed by atoms with E-state index in [1.54, 1.807) is 13.8 Å². The molecule has 4 nitrogen and oxygen atoms in total. The summed E-state index contributed by atoms with van der Waals surface area (Å²) < 4.78 is 0. The Bertz CT molecular complexity index is 244. The molecular weight excluding hydrogens is 220 g/mol. The number of aliphatic hydroxyl groups excluding tert-OH is 1. The number of aliphatic hydroxyl groups is 1. The lowest BCUT2D eigenvalue weighted by atomic mass is 9.59. The monoisotopic (exact) mass is 246 g/mol. The summed E-state index contributed by atoms with van der Waals surface area (Å²) in [7, 11) is 0. The first kappa shape index (κ1) is 16.4. The minimum Gasteiger partial charge on any atom is -0.393 e. The van der Waals surface area contributed by atoms with Gasteiger partial charge in [-0.25, -0.2) is 4.79 Å². The molecule has 0 rings (SSSR count). The van der Waals surface area contributed by atoms with Crippen LogP contribution in [0.5, 0.6) is 0 Å². The fourth-order valence-electron chi connectivity index (χ4n) is 2.60. The van der Waals surface area contributed by atoms with Crippen molar-refractivity contribution in [3.05, 3.63) is 0 Å². The number of hydrogen-bond donors (Lipinski definition) is 2. The molecule has 4 heteroatoms. The number of carbonyl (C=O) groups excluding carboxylic acids is 1. The smallest absolute Gasteiger partial charge is 0.348 e. The molecule has 0 fully saturated rings. The van der Waals surface area contributed by atoms with Crippen LogP contribution in [0.15, 0.2) is 0 Å². The Morgan fingerprint density at radius 2 is 1.71 bits per heavy atom. The van der Waals surface area contributed by atoms with Crippen molar-refractivity contribution in [1.29, 1.82) is 0 Å². The van der Waals surface area contributed by atoms with Crippen LogP contribution >= 0.6 is 0 Å². The average Bonchev–Trinajstić information content (AvgIpc) is 2.34. The van der Waals surface area contributed by atoms with Gasteiger partial charge in [0.05, 0.1) is 11.5 Å². The highest BCUT2D eigenvalue weighted by Gasteiger charge is 2.49. The molecule has 0 heterocycles. The fourth-order valence-corrected chi connectivity index (χ4v) is 2.60. The molecule has 0 aliphatic heterocycles. The van der Waals surface area contributed by atoms with E-state index in [9.17, 15) is 9.90 Å². The molecule has 1 atom stereocenters. The molecule has 0 aliphatic rings. The maximum atomic E-state index is 11.7. The number of rotatable bonds is 7. The van der Waals surface area contributed by atoms with E-state index >= 15 is 0 Å². The quantitative estimate of drug-likeness (QED) is 0.535. The highest BCUT2D eigenvalue weighted by molar-refractivity contribution is 5.76. The summed E-state index contributed by atoms with van der Waals surface area (Å²) in [5, 5.41) is 18.5. The van der Waals surface area contributed by atoms with Gasteiger partial charge in [-0.3, -0.25) is 0 Å². The lowest BCUT2D eigenvalue weighted by Gasteiger charge is -2.44. The van der Waals surface area contributed by atoms with Crippen molar-refractivity contribution >= 4 is 5.97 Å². The van der Waals surface area contributed by atoms with Gasteiger partial charge in [-0.1, -0.05) is 20.8 Å². The Kier molecular flexibility index (Phi) is 6.13. The van der Waals surface area contributed by atoms with E-state index < -0.39 is 17.5 Å². The lowest BCUT2D eigenvalue weighted by molar-refractivity contribution is -0.251. The third-order valence-corrected chi connectivity index (χ3v) is 4.37. The molecule has 0 aromatic rings. The van der Waals surface area contributed by atoms with Gasteiger partial charge in [0, 0.05) is 0 Å². The molecule has 102 valence electrons. The molecule has 0 aromatic carbocycles. The Hall–Kier alpha value is -0.610. The van der Waals surface area contributed by atoms with Gasteiger partial charge in [0.1, 0.15) is 0 Å². The molecule has 0 radical (unpaired) electrons. The number of hydrogen-bond acceptors (Lipinski definition) is 4. The zero-order chi connectivity index (χ0) is 13.7. The van der Waals surface area contributed by atoms with Crippen molar-refractivity contribution in [1.82, 2.24) is 0 Å². The van der Waals surface area contributed by atoms with E-state index in [0.717, 1.165) is 12.8 Å². The summed E-state index contributed by atoms with van der Waals surface area (Å²) in [5.74, 6) is -0.635. The van der Waals surface area contributed by atoms with Crippen LogP contribution in [-0.2, 0) is 9.68 Å². The standard InChI is InChI=1S/C13H26O4/c1-6-10(14)9-13(7-2,8-3)12(4,5)11(15)17-16/h10,14,16H,6-9H2,1-5H3. The molecule has 0 saturated carbocycles. The summed E-state index contributed by atoms with van der Waals surface area (Å²) in [6.07, 6.45) is 2.27. The number of carbonyl (C=O) groups is 1. The maximum absolute atomic E-state index is 11.7. The minimum absolute atomic E-state index is 0.359. The van der Waals surface area contributed by atoms with Crippen molar-refractivity contribution in [2.75, 3.05) is 0 Å². The Morgan fingerprint density at radius 3 is 2.00 bits per heavy atom. The molecule has 0 aromatic heterocycles. The summed E-state index contributed by atoms with van der Waals surface area (Å²) in [5.41, 5.74) is -1.18. The molecule has 0 spiro atoms. The highest BCUT2D eigenvalue weighted by Crippen LogP contribution is 2.49. The summed E-state index contributed by atoms with van der Waals surface area (Å²) in [6.45, 7) is 9.44. The molecule has 0 saturated heterocycles. The third kappa shape index (κ3) is 3.19. The van der Waals surface area contributed by atoms with E-state index in [-0.39, 0.29) is 5.41 Å². The van der Waals surface area contributed by atoms with Gasteiger partial charge < -0.3 is 9.99 Å². The van der Waals surface area contributed by atoms with Crippen LogP contribution in [-0.4, -0.2) is 22.4 Å². The van der Waals surface area contributed by atoms with Crippen molar-refractivity contribution in [3.63, 3.8) is 0 Å². The Morgan fingerprint density at radius 1 is 1.24 bits per heavy atom. The SMILES string of the molecule is CCC(O)CC(CC)(CC)C(C)(C)C(=O)OO. The second-order valence-electron chi connectivity index (χ2n) is 5.26. The van der Waals surface area contributed by atoms with Crippen molar-refractivity contribution in [3.8, 4) is 0 Å². The largest absolute Gasteiger partial charge is 0.393 e. The normalized spacial score (nSPS) is 14.5.